The zero-order valence-electron chi connectivity index (χ0n) is 11.7. The highest BCUT2D eigenvalue weighted by Gasteiger charge is 2.33. The van der Waals surface area contributed by atoms with Crippen molar-refractivity contribution >= 4 is 0 Å². The van der Waals surface area contributed by atoms with E-state index < -0.39 is 5.82 Å². The molecule has 0 bridgehead atoms. The van der Waals surface area contributed by atoms with Crippen LogP contribution in [0.1, 0.15) is 23.1 Å². The first-order valence-electron chi connectivity index (χ1n) is 6.76. The molecule has 1 aliphatic rings. The van der Waals surface area contributed by atoms with Gasteiger partial charge in [-0.05, 0) is 12.1 Å². The van der Waals surface area contributed by atoms with Crippen LogP contribution in [0.25, 0.3) is 0 Å². The lowest BCUT2D eigenvalue weighted by atomic mass is 9.88. The van der Waals surface area contributed by atoms with Crippen molar-refractivity contribution in [2.24, 2.45) is 5.84 Å². The lowest BCUT2D eigenvalue weighted by Crippen LogP contribution is -2.34. The molecule has 0 amide bonds. The second kappa shape index (κ2) is 5.71. The van der Waals surface area contributed by atoms with Gasteiger partial charge in [0.2, 0.25) is 0 Å². The molecule has 0 fully saturated rings. The minimum atomic E-state index is -0.396. The highest BCUT2D eigenvalue weighted by Crippen LogP contribution is 2.42. The summed E-state index contributed by atoms with van der Waals surface area (Å²) >= 11 is 0. The van der Waals surface area contributed by atoms with Gasteiger partial charge in [0.25, 0.3) is 0 Å². The van der Waals surface area contributed by atoms with E-state index in [-0.39, 0.29) is 17.7 Å². The predicted molar refractivity (Wildman–Crippen MR) is 77.7 cm³/mol. The van der Waals surface area contributed by atoms with Crippen molar-refractivity contribution in [3.63, 3.8) is 0 Å². The molecule has 3 rings (SSSR count). The molecule has 0 radical (unpaired) electrons. The number of halogens is 1. The van der Waals surface area contributed by atoms with E-state index in [9.17, 15) is 4.39 Å². The number of nitrogens with one attached hydrogen (secondary N) is 1. The number of rotatable bonds is 4. The summed E-state index contributed by atoms with van der Waals surface area (Å²) < 4.78 is 25.2. The molecular formula is C16H17FN2O2. The molecule has 3 N–H and O–H groups in total. The fourth-order valence-corrected chi connectivity index (χ4v) is 2.81. The molecule has 2 aromatic rings. The molecule has 2 aromatic carbocycles. The summed E-state index contributed by atoms with van der Waals surface area (Å²) in [6.45, 7) is 0.463. The van der Waals surface area contributed by atoms with Crippen LogP contribution in [0, 0.1) is 5.82 Å². The maximum absolute atomic E-state index is 14.5. The molecule has 0 spiro atoms. The number of hydrogen-bond donors (Lipinski definition) is 2. The van der Waals surface area contributed by atoms with Gasteiger partial charge in [0.1, 0.15) is 5.75 Å². The summed E-state index contributed by atoms with van der Waals surface area (Å²) in [7, 11) is 1.45. The molecule has 0 saturated carbocycles. The Bertz CT molecular complexity index is 648. The van der Waals surface area contributed by atoms with Crippen molar-refractivity contribution in [3.05, 3.63) is 59.4 Å². The Morgan fingerprint density at radius 1 is 1.29 bits per heavy atom. The number of hydrazine groups is 1. The van der Waals surface area contributed by atoms with Gasteiger partial charge in [0.15, 0.2) is 11.6 Å². The van der Waals surface area contributed by atoms with Crippen molar-refractivity contribution in [3.8, 4) is 11.5 Å². The number of benzene rings is 2. The molecule has 0 saturated heterocycles. The van der Waals surface area contributed by atoms with Crippen LogP contribution in [0.3, 0.4) is 0 Å². The zero-order chi connectivity index (χ0) is 14.8. The summed E-state index contributed by atoms with van der Waals surface area (Å²) in [5, 5.41) is 0. The van der Waals surface area contributed by atoms with Gasteiger partial charge in [-0.1, -0.05) is 30.3 Å². The van der Waals surface area contributed by atoms with E-state index in [4.69, 9.17) is 15.3 Å². The monoisotopic (exact) mass is 288 g/mol. The van der Waals surface area contributed by atoms with Gasteiger partial charge < -0.3 is 9.47 Å². The van der Waals surface area contributed by atoms with Crippen LogP contribution in [0.15, 0.2) is 42.5 Å². The quantitative estimate of drug-likeness (QED) is 0.670. The van der Waals surface area contributed by atoms with Gasteiger partial charge in [0.05, 0.1) is 19.8 Å². The van der Waals surface area contributed by atoms with Crippen molar-refractivity contribution in [2.75, 3.05) is 13.7 Å². The number of hydrogen-bond acceptors (Lipinski definition) is 4. The van der Waals surface area contributed by atoms with E-state index in [2.05, 4.69) is 5.43 Å². The Morgan fingerprint density at radius 2 is 2.10 bits per heavy atom. The maximum Gasteiger partial charge on any atom is 0.169 e. The summed E-state index contributed by atoms with van der Waals surface area (Å²) in [6, 6.07) is 12.4. The van der Waals surface area contributed by atoms with Crippen LogP contribution in [0.2, 0.25) is 0 Å². The first-order valence-corrected chi connectivity index (χ1v) is 6.76. The predicted octanol–water partition coefficient (Wildman–Crippen LogP) is 2.51. The summed E-state index contributed by atoms with van der Waals surface area (Å²) in [5.74, 6) is 6.28. The largest absolute Gasteiger partial charge is 0.494 e. The van der Waals surface area contributed by atoms with Crippen molar-refractivity contribution in [1.29, 1.82) is 0 Å². The third-order valence-corrected chi connectivity index (χ3v) is 3.87. The molecule has 5 heteroatoms. The molecule has 110 valence electrons. The second-order valence-corrected chi connectivity index (χ2v) is 4.96. The minimum absolute atomic E-state index is 0.0483. The van der Waals surface area contributed by atoms with Gasteiger partial charge in [-0.2, -0.15) is 0 Å². The average molecular weight is 288 g/mol. The summed E-state index contributed by atoms with van der Waals surface area (Å²) in [5.41, 5.74) is 4.22. The first kappa shape index (κ1) is 13.9. The average Bonchev–Trinajstić information content (AvgIpc) is 2.94. The highest BCUT2D eigenvalue weighted by atomic mass is 19.1. The molecule has 2 unspecified atom stereocenters. The fraction of sp³-hybridized carbons (Fsp3) is 0.250. The van der Waals surface area contributed by atoms with Crippen LogP contribution in [0.4, 0.5) is 4.39 Å². The van der Waals surface area contributed by atoms with Crippen LogP contribution >= 0.6 is 0 Å². The molecule has 4 nitrogen and oxygen atoms in total. The zero-order valence-corrected chi connectivity index (χ0v) is 11.7. The molecule has 0 aliphatic carbocycles. The topological polar surface area (TPSA) is 56.5 Å². The highest BCUT2D eigenvalue weighted by molar-refractivity contribution is 5.43. The molecule has 0 aromatic heterocycles. The van der Waals surface area contributed by atoms with Gasteiger partial charge in [0, 0.05) is 17.0 Å². The molecule has 2 atom stereocenters. The van der Waals surface area contributed by atoms with Gasteiger partial charge >= 0.3 is 0 Å². The van der Waals surface area contributed by atoms with E-state index >= 15 is 0 Å². The van der Waals surface area contributed by atoms with E-state index in [1.807, 2.05) is 24.3 Å². The lowest BCUT2D eigenvalue weighted by Gasteiger charge is -2.23. The summed E-state index contributed by atoms with van der Waals surface area (Å²) in [4.78, 5) is 0. The number of nitrogens with two attached hydrogens (primary N) is 1. The van der Waals surface area contributed by atoms with Crippen LogP contribution in [-0.4, -0.2) is 13.7 Å². The standard InChI is InChI=1S/C16H17FN2O2/c1-20-14-8-4-6-11(15(14)17)16(19-18)12-9-21-13-7-3-2-5-10(12)13/h2-8,12,16,19H,9,18H2,1H3. The SMILES string of the molecule is COc1cccc(C(NN)C2COc3ccccc32)c1F. The Balaban J connectivity index is 2.01. The third kappa shape index (κ3) is 2.34. The maximum atomic E-state index is 14.5. The van der Waals surface area contributed by atoms with Gasteiger partial charge in [-0.15, -0.1) is 0 Å². The van der Waals surface area contributed by atoms with E-state index in [1.54, 1.807) is 18.2 Å². The Hall–Kier alpha value is -2.11. The summed E-state index contributed by atoms with van der Waals surface area (Å²) in [6.07, 6.45) is 0. The van der Waals surface area contributed by atoms with Crippen LogP contribution in [0.5, 0.6) is 11.5 Å². The van der Waals surface area contributed by atoms with Gasteiger partial charge in [-0.3, -0.25) is 11.3 Å². The first-order chi connectivity index (χ1) is 10.3. The van der Waals surface area contributed by atoms with Gasteiger partial charge in [-0.25, -0.2) is 4.39 Å². The number of methoxy groups -OCH3 is 1. The second-order valence-electron chi connectivity index (χ2n) is 4.96. The normalized spacial score (nSPS) is 18.0. The Morgan fingerprint density at radius 3 is 2.86 bits per heavy atom. The Kier molecular flexibility index (Phi) is 3.77. The fourth-order valence-electron chi connectivity index (χ4n) is 2.81. The molecule has 1 aliphatic heterocycles. The van der Waals surface area contributed by atoms with E-state index in [1.165, 1.54) is 7.11 Å². The third-order valence-electron chi connectivity index (χ3n) is 3.87. The van der Waals surface area contributed by atoms with Crippen molar-refractivity contribution < 1.29 is 13.9 Å². The molecule has 21 heavy (non-hydrogen) atoms. The number of ether oxygens (including phenoxy) is 2. The lowest BCUT2D eigenvalue weighted by molar-refractivity contribution is 0.296. The van der Waals surface area contributed by atoms with Crippen LogP contribution < -0.4 is 20.7 Å². The molecule has 1 heterocycles. The number of para-hydroxylation sites is 1. The van der Waals surface area contributed by atoms with Crippen molar-refractivity contribution in [1.82, 2.24) is 5.43 Å². The number of fused-ring (bicyclic) bond motifs is 1. The van der Waals surface area contributed by atoms with E-state index in [0.29, 0.717) is 12.2 Å². The van der Waals surface area contributed by atoms with Crippen LogP contribution in [-0.2, 0) is 0 Å². The van der Waals surface area contributed by atoms with E-state index in [0.717, 1.165) is 11.3 Å². The Labute approximate surface area is 122 Å². The minimum Gasteiger partial charge on any atom is -0.494 e. The smallest absolute Gasteiger partial charge is 0.169 e. The van der Waals surface area contributed by atoms with Crippen molar-refractivity contribution in [2.45, 2.75) is 12.0 Å². The molecular weight excluding hydrogens is 271 g/mol.